The summed E-state index contributed by atoms with van der Waals surface area (Å²) < 4.78 is 147. The Morgan fingerprint density at radius 3 is 2.04 bits per heavy atom. The number of hydrogen-bond acceptors (Lipinski definition) is 1. The standard InChI is InChI=1S/C35H22F10O/c1-2-3-4-5-19-6-9-24(28(36)14-19)20-7-10-26-21(15-20)18-30(38)31(33(26)40)35(44,45)46-23-8-11-25-22(16-23)17-29(37)27(32(25)39)12-13-34(41,42)43/h6-11,14-18H,2-5H2,1H3. The molecule has 0 radical (unpaired) electrons. The topological polar surface area (TPSA) is 9.23 Å². The number of benzene rings is 5. The van der Waals surface area contributed by atoms with Gasteiger partial charge >= 0.3 is 12.3 Å². The molecule has 5 aromatic rings. The number of alkyl halides is 5. The summed E-state index contributed by atoms with van der Waals surface area (Å²) in [6.45, 7) is 2.05. The number of unbranched alkanes of at least 4 members (excludes halogenated alkanes) is 2. The molecule has 0 atom stereocenters. The van der Waals surface area contributed by atoms with Crippen LogP contribution in [0.4, 0.5) is 43.9 Å². The Kier molecular flexibility index (Phi) is 8.94. The summed E-state index contributed by atoms with van der Waals surface area (Å²) in [4.78, 5) is 0. The van der Waals surface area contributed by atoms with Crippen LogP contribution >= 0.6 is 0 Å². The summed E-state index contributed by atoms with van der Waals surface area (Å²) in [6, 6.07) is 11.9. The summed E-state index contributed by atoms with van der Waals surface area (Å²) >= 11 is 0. The number of rotatable bonds is 8. The molecular formula is C35H22F10O. The van der Waals surface area contributed by atoms with E-state index in [1.165, 1.54) is 24.1 Å². The second kappa shape index (κ2) is 12.6. The largest absolute Gasteiger partial charge is 0.458 e. The summed E-state index contributed by atoms with van der Waals surface area (Å²) in [5.74, 6) is -5.49. The molecule has 0 saturated heterocycles. The van der Waals surface area contributed by atoms with Crippen LogP contribution in [0, 0.1) is 40.9 Å². The Hall–Kier alpha value is -4.72. The molecule has 0 saturated carbocycles. The van der Waals surface area contributed by atoms with Gasteiger partial charge in [-0.2, -0.15) is 22.0 Å². The molecule has 0 aromatic heterocycles. The molecule has 0 unspecified atom stereocenters. The van der Waals surface area contributed by atoms with E-state index in [2.05, 4.69) is 4.74 Å². The van der Waals surface area contributed by atoms with E-state index in [1.807, 2.05) is 6.92 Å². The molecule has 238 valence electrons. The number of hydrogen-bond donors (Lipinski definition) is 0. The van der Waals surface area contributed by atoms with Gasteiger partial charge in [-0.25, -0.2) is 22.0 Å². The molecule has 5 rings (SSSR count). The number of halogens is 10. The smallest absolute Gasteiger partial charge is 0.429 e. The van der Waals surface area contributed by atoms with Crippen LogP contribution in [0.1, 0.15) is 42.9 Å². The van der Waals surface area contributed by atoms with Gasteiger partial charge in [-0.15, -0.1) is 0 Å². The lowest BCUT2D eigenvalue weighted by molar-refractivity contribution is -0.189. The van der Waals surface area contributed by atoms with Gasteiger partial charge < -0.3 is 4.74 Å². The van der Waals surface area contributed by atoms with Gasteiger partial charge in [0.25, 0.3) is 0 Å². The molecular weight excluding hydrogens is 626 g/mol. The van der Waals surface area contributed by atoms with E-state index in [9.17, 15) is 26.3 Å². The zero-order valence-electron chi connectivity index (χ0n) is 23.9. The maximum atomic E-state index is 15.4. The first-order valence-electron chi connectivity index (χ1n) is 14.0. The average Bonchev–Trinajstić information content (AvgIpc) is 2.96. The summed E-state index contributed by atoms with van der Waals surface area (Å²) in [5, 5.41) is -1.39. The SMILES string of the molecule is CCCCCc1ccc(-c2ccc3c(F)c(C(F)(F)Oc4ccc5c(F)c(C#CC(F)(F)F)c(F)cc5c4)c(F)cc3c2)c(F)c1. The number of aryl methyl sites for hydroxylation is 1. The van der Waals surface area contributed by atoms with Gasteiger partial charge in [0.1, 0.15) is 40.4 Å². The molecule has 0 spiro atoms. The van der Waals surface area contributed by atoms with Crippen molar-refractivity contribution in [2.24, 2.45) is 0 Å². The molecule has 46 heavy (non-hydrogen) atoms. The fraction of sp³-hybridized carbons (Fsp3) is 0.200. The van der Waals surface area contributed by atoms with Gasteiger partial charge in [-0.1, -0.05) is 50.0 Å². The average molecular weight is 649 g/mol. The predicted molar refractivity (Wildman–Crippen MR) is 154 cm³/mol. The Balaban J connectivity index is 1.45. The van der Waals surface area contributed by atoms with Crippen molar-refractivity contribution in [2.45, 2.75) is 44.9 Å². The summed E-state index contributed by atoms with van der Waals surface area (Å²) in [5.41, 5.74) is -1.72. The molecule has 0 bridgehead atoms. The summed E-state index contributed by atoms with van der Waals surface area (Å²) in [6.07, 6.45) is -6.08. The lowest BCUT2D eigenvalue weighted by atomic mass is 9.97. The van der Waals surface area contributed by atoms with Gasteiger partial charge in [0.15, 0.2) is 0 Å². The Morgan fingerprint density at radius 2 is 1.35 bits per heavy atom. The predicted octanol–water partition coefficient (Wildman–Crippen LogP) is 11.1. The monoisotopic (exact) mass is 648 g/mol. The minimum atomic E-state index is -5.02. The molecule has 1 nitrogen and oxygen atoms in total. The maximum absolute atomic E-state index is 15.4. The third-order valence-corrected chi connectivity index (χ3v) is 7.31. The number of fused-ring (bicyclic) bond motifs is 2. The highest BCUT2D eigenvalue weighted by Crippen LogP contribution is 2.40. The van der Waals surface area contributed by atoms with Crippen molar-refractivity contribution in [1.82, 2.24) is 0 Å². The Labute approximate surface area is 256 Å². The highest BCUT2D eigenvalue weighted by Gasteiger charge is 2.42. The van der Waals surface area contributed by atoms with E-state index < -0.39 is 74.4 Å². The van der Waals surface area contributed by atoms with E-state index in [0.717, 1.165) is 55.0 Å². The minimum absolute atomic E-state index is 0.125. The van der Waals surface area contributed by atoms with Crippen LogP contribution in [-0.2, 0) is 12.5 Å². The first kappa shape index (κ1) is 32.7. The van der Waals surface area contributed by atoms with Crippen molar-refractivity contribution in [3.8, 4) is 28.7 Å². The highest BCUT2D eigenvalue weighted by molar-refractivity contribution is 5.89. The molecule has 0 heterocycles. The van der Waals surface area contributed by atoms with Crippen molar-refractivity contribution in [1.29, 1.82) is 0 Å². The van der Waals surface area contributed by atoms with Crippen LogP contribution in [0.15, 0.2) is 66.7 Å². The second-order valence-electron chi connectivity index (χ2n) is 10.6. The maximum Gasteiger partial charge on any atom is 0.458 e. The van der Waals surface area contributed by atoms with Gasteiger partial charge in [0, 0.05) is 22.3 Å². The molecule has 0 amide bonds. The molecule has 0 N–H and O–H groups in total. The molecule has 0 aliphatic carbocycles. The van der Waals surface area contributed by atoms with Crippen LogP contribution < -0.4 is 4.74 Å². The zero-order valence-corrected chi connectivity index (χ0v) is 23.9. The lowest BCUT2D eigenvalue weighted by Gasteiger charge is -2.21. The molecule has 0 aliphatic heterocycles. The van der Waals surface area contributed by atoms with E-state index in [4.69, 9.17) is 0 Å². The Bertz CT molecular complexity index is 2020. The third-order valence-electron chi connectivity index (χ3n) is 7.31. The zero-order chi connectivity index (χ0) is 33.4. The third kappa shape index (κ3) is 6.76. The van der Waals surface area contributed by atoms with Gasteiger partial charge in [-0.05, 0) is 77.2 Å². The van der Waals surface area contributed by atoms with E-state index in [1.54, 1.807) is 12.1 Å². The summed E-state index contributed by atoms with van der Waals surface area (Å²) in [7, 11) is 0. The van der Waals surface area contributed by atoms with Crippen molar-refractivity contribution >= 4 is 21.5 Å². The van der Waals surface area contributed by atoms with Gasteiger partial charge in [0.2, 0.25) is 0 Å². The van der Waals surface area contributed by atoms with E-state index in [0.29, 0.717) is 18.6 Å². The van der Waals surface area contributed by atoms with Crippen LogP contribution in [-0.4, -0.2) is 6.18 Å². The molecule has 11 heteroatoms. The fourth-order valence-corrected chi connectivity index (χ4v) is 5.11. The second-order valence-corrected chi connectivity index (χ2v) is 10.6. The van der Waals surface area contributed by atoms with E-state index in [-0.39, 0.29) is 16.5 Å². The molecule has 0 fully saturated rings. The van der Waals surface area contributed by atoms with Gasteiger partial charge in [-0.3, -0.25) is 0 Å². The van der Waals surface area contributed by atoms with Crippen molar-refractivity contribution in [3.63, 3.8) is 0 Å². The van der Waals surface area contributed by atoms with Crippen LogP contribution in [0.5, 0.6) is 5.75 Å². The quantitative estimate of drug-likeness (QED) is 0.0924. The van der Waals surface area contributed by atoms with Gasteiger partial charge in [0.05, 0.1) is 5.56 Å². The van der Waals surface area contributed by atoms with Crippen LogP contribution in [0.2, 0.25) is 0 Å². The number of ether oxygens (including phenoxy) is 1. The van der Waals surface area contributed by atoms with E-state index >= 15 is 17.6 Å². The first-order chi connectivity index (χ1) is 21.7. The van der Waals surface area contributed by atoms with Crippen LogP contribution in [0.25, 0.3) is 32.7 Å². The minimum Gasteiger partial charge on any atom is -0.429 e. The highest BCUT2D eigenvalue weighted by atomic mass is 19.4. The van der Waals surface area contributed by atoms with Crippen molar-refractivity contribution < 1.29 is 48.6 Å². The molecule has 0 aliphatic rings. The van der Waals surface area contributed by atoms with Crippen molar-refractivity contribution in [2.75, 3.05) is 0 Å². The molecule has 5 aromatic carbocycles. The van der Waals surface area contributed by atoms with Crippen molar-refractivity contribution in [3.05, 3.63) is 113 Å². The first-order valence-corrected chi connectivity index (χ1v) is 14.0. The normalized spacial score (nSPS) is 12.0. The fourth-order valence-electron chi connectivity index (χ4n) is 5.11. The lowest BCUT2D eigenvalue weighted by Crippen LogP contribution is -2.25. The van der Waals surface area contributed by atoms with Crippen LogP contribution in [0.3, 0.4) is 0 Å². The Morgan fingerprint density at radius 1 is 0.674 bits per heavy atom.